The minimum atomic E-state index is -3.79. The maximum absolute atomic E-state index is 13.0. The predicted molar refractivity (Wildman–Crippen MR) is 138 cm³/mol. The molecule has 0 atom stereocenters. The molecule has 0 aromatic heterocycles. The van der Waals surface area contributed by atoms with Crippen LogP contribution in [0.4, 0.5) is 5.69 Å². The Morgan fingerprint density at radius 1 is 0.889 bits per heavy atom. The SMILES string of the molecule is N#C/C(=C/Nc1ccc(S(N)(=O)=O)cc1)C(=O)N1CCN(C(c2ccccc2)c2ccccc2)CC1. The van der Waals surface area contributed by atoms with Crippen molar-refractivity contribution in [1.29, 1.82) is 5.26 Å². The van der Waals surface area contributed by atoms with Gasteiger partial charge in [-0.1, -0.05) is 60.7 Å². The second kappa shape index (κ2) is 11.2. The Morgan fingerprint density at radius 2 is 1.42 bits per heavy atom. The van der Waals surface area contributed by atoms with Crippen molar-refractivity contribution in [3.8, 4) is 6.07 Å². The van der Waals surface area contributed by atoms with Crippen LogP contribution in [0.5, 0.6) is 0 Å². The Bertz CT molecular complexity index is 1320. The van der Waals surface area contributed by atoms with Crippen LogP contribution in [-0.2, 0) is 14.8 Å². The number of nitrogens with zero attached hydrogens (tertiary/aromatic N) is 3. The summed E-state index contributed by atoms with van der Waals surface area (Å²) in [4.78, 5) is 17.1. The predicted octanol–water partition coefficient (Wildman–Crippen LogP) is 3.09. The number of nitrogens with one attached hydrogen (secondary N) is 1. The van der Waals surface area contributed by atoms with E-state index in [1.165, 1.54) is 41.6 Å². The lowest BCUT2D eigenvalue weighted by Gasteiger charge is -2.39. The van der Waals surface area contributed by atoms with Crippen LogP contribution < -0.4 is 10.5 Å². The summed E-state index contributed by atoms with van der Waals surface area (Å²) in [5.74, 6) is -0.346. The Labute approximate surface area is 211 Å². The third-order valence-electron chi connectivity index (χ3n) is 6.11. The van der Waals surface area contributed by atoms with Crippen LogP contribution in [0.3, 0.4) is 0 Å². The zero-order chi connectivity index (χ0) is 25.5. The van der Waals surface area contributed by atoms with Gasteiger partial charge in [0.05, 0.1) is 10.9 Å². The second-order valence-corrected chi connectivity index (χ2v) is 10.00. The van der Waals surface area contributed by atoms with E-state index >= 15 is 0 Å². The summed E-state index contributed by atoms with van der Waals surface area (Å²) in [5, 5.41) is 17.6. The molecule has 1 fully saturated rings. The highest BCUT2D eigenvalue weighted by molar-refractivity contribution is 7.89. The Balaban J connectivity index is 1.43. The van der Waals surface area contributed by atoms with Gasteiger partial charge in [-0.3, -0.25) is 9.69 Å². The number of benzene rings is 3. The highest BCUT2D eigenvalue weighted by atomic mass is 32.2. The van der Waals surface area contributed by atoms with Gasteiger partial charge < -0.3 is 10.2 Å². The third kappa shape index (κ3) is 5.98. The van der Waals surface area contributed by atoms with Gasteiger partial charge in [0.25, 0.3) is 5.91 Å². The number of amides is 1. The van der Waals surface area contributed by atoms with Crippen molar-refractivity contribution in [2.75, 3.05) is 31.5 Å². The molecule has 0 spiro atoms. The standard InChI is InChI=1S/C27H27N5O3S/c28-19-23(20-30-24-11-13-25(14-12-24)36(29,34)35)27(33)32-17-15-31(16-18-32)26(21-7-3-1-4-8-21)22-9-5-2-6-10-22/h1-14,20,26,30H,15-18H2,(H2,29,34,35)/b23-20-. The number of primary sulfonamides is 1. The summed E-state index contributed by atoms with van der Waals surface area (Å²) < 4.78 is 22.8. The lowest BCUT2D eigenvalue weighted by atomic mass is 9.96. The van der Waals surface area contributed by atoms with Gasteiger partial charge in [-0.05, 0) is 35.4 Å². The molecule has 0 aliphatic carbocycles. The average molecular weight is 502 g/mol. The second-order valence-electron chi connectivity index (χ2n) is 8.44. The lowest BCUT2D eigenvalue weighted by Crippen LogP contribution is -2.50. The molecule has 3 aromatic carbocycles. The van der Waals surface area contributed by atoms with Gasteiger partial charge in [0.1, 0.15) is 11.6 Å². The molecule has 1 aliphatic rings. The molecule has 3 aromatic rings. The fraction of sp³-hybridized carbons (Fsp3) is 0.185. The van der Waals surface area contributed by atoms with Crippen LogP contribution >= 0.6 is 0 Å². The van der Waals surface area contributed by atoms with E-state index in [4.69, 9.17) is 5.14 Å². The minimum absolute atomic E-state index is 0.0178. The first-order valence-electron chi connectivity index (χ1n) is 11.5. The highest BCUT2D eigenvalue weighted by Crippen LogP contribution is 2.29. The van der Waals surface area contributed by atoms with Gasteiger partial charge in [-0.15, -0.1) is 0 Å². The van der Waals surface area contributed by atoms with Crippen molar-refractivity contribution >= 4 is 21.6 Å². The normalized spacial score (nSPS) is 14.9. The van der Waals surface area contributed by atoms with Gasteiger partial charge >= 0.3 is 0 Å². The van der Waals surface area contributed by atoms with E-state index in [-0.39, 0.29) is 22.4 Å². The van der Waals surface area contributed by atoms with Crippen molar-refractivity contribution in [3.63, 3.8) is 0 Å². The van der Waals surface area contributed by atoms with E-state index in [0.29, 0.717) is 31.9 Å². The monoisotopic (exact) mass is 501 g/mol. The highest BCUT2D eigenvalue weighted by Gasteiger charge is 2.29. The van der Waals surface area contributed by atoms with Gasteiger partial charge in [-0.2, -0.15) is 5.26 Å². The maximum Gasteiger partial charge on any atom is 0.266 e. The molecule has 4 rings (SSSR count). The quantitative estimate of drug-likeness (QED) is 0.379. The summed E-state index contributed by atoms with van der Waals surface area (Å²) >= 11 is 0. The van der Waals surface area contributed by atoms with Crippen molar-refractivity contribution in [2.24, 2.45) is 5.14 Å². The first-order chi connectivity index (χ1) is 17.4. The smallest absolute Gasteiger partial charge is 0.266 e. The topological polar surface area (TPSA) is 120 Å². The number of nitriles is 1. The molecule has 36 heavy (non-hydrogen) atoms. The van der Waals surface area contributed by atoms with Gasteiger partial charge in [0, 0.05) is 38.1 Å². The van der Waals surface area contributed by atoms with E-state index in [2.05, 4.69) is 34.5 Å². The summed E-state index contributed by atoms with van der Waals surface area (Å²) in [6.07, 6.45) is 1.34. The molecule has 3 N–H and O–H groups in total. The van der Waals surface area contributed by atoms with Crippen molar-refractivity contribution in [3.05, 3.63) is 108 Å². The van der Waals surface area contributed by atoms with Gasteiger partial charge in [0.15, 0.2) is 0 Å². The Kier molecular flexibility index (Phi) is 7.80. The lowest BCUT2D eigenvalue weighted by molar-refractivity contribution is -0.128. The van der Waals surface area contributed by atoms with E-state index in [1.807, 2.05) is 42.5 Å². The zero-order valence-corrected chi connectivity index (χ0v) is 20.4. The third-order valence-corrected chi connectivity index (χ3v) is 7.04. The molecule has 1 saturated heterocycles. The van der Waals surface area contributed by atoms with E-state index in [0.717, 1.165) is 0 Å². The van der Waals surface area contributed by atoms with Crippen LogP contribution in [0.2, 0.25) is 0 Å². The molecule has 0 bridgehead atoms. The number of hydrogen-bond donors (Lipinski definition) is 2. The number of nitrogens with two attached hydrogens (primary N) is 1. The van der Waals surface area contributed by atoms with E-state index < -0.39 is 10.0 Å². The number of carbonyl (C=O) groups excluding carboxylic acids is 1. The first-order valence-corrected chi connectivity index (χ1v) is 13.0. The zero-order valence-electron chi connectivity index (χ0n) is 19.6. The number of carbonyl (C=O) groups is 1. The first kappa shape index (κ1) is 25.1. The molecule has 9 heteroatoms. The maximum atomic E-state index is 13.0. The molecule has 0 unspecified atom stereocenters. The van der Waals surface area contributed by atoms with Crippen molar-refractivity contribution in [1.82, 2.24) is 9.80 Å². The van der Waals surface area contributed by atoms with Crippen LogP contribution in [0.15, 0.2) is 102 Å². The molecule has 0 saturated carbocycles. The largest absolute Gasteiger partial charge is 0.360 e. The average Bonchev–Trinajstić information content (AvgIpc) is 2.90. The van der Waals surface area contributed by atoms with E-state index in [1.54, 1.807) is 4.90 Å². The summed E-state index contributed by atoms with van der Waals surface area (Å²) in [6, 6.07) is 28.4. The molecule has 184 valence electrons. The summed E-state index contributed by atoms with van der Waals surface area (Å²) in [5.41, 5.74) is 2.89. The number of piperazine rings is 1. The number of hydrogen-bond acceptors (Lipinski definition) is 6. The summed E-state index contributed by atoms with van der Waals surface area (Å²) in [6.45, 7) is 2.33. The summed E-state index contributed by atoms with van der Waals surface area (Å²) in [7, 11) is -3.79. The van der Waals surface area contributed by atoms with Gasteiger partial charge in [-0.25, -0.2) is 13.6 Å². The van der Waals surface area contributed by atoms with Crippen LogP contribution in [-0.4, -0.2) is 50.3 Å². The molecular formula is C27H27N5O3S. The Morgan fingerprint density at radius 3 is 1.89 bits per heavy atom. The van der Waals surface area contributed by atoms with Gasteiger partial charge in [0.2, 0.25) is 10.0 Å². The molecule has 1 aliphatic heterocycles. The van der Waals surface area contributed by atoms with E-state index in [9.17, 15) is 18.5 Å². The molecule has 0 radical (unpaired) electrons. The van der Waals surface area contributed by atoms with Crippen molar-refractivity contribution in [2.45, 2.75) is 10.9 Å². The van der Waals surface area contributed by atoms with Crippen molar-refractivity contribution < 1.29 is 13.2 Å². The molecule has 8 nitrogen and oxygen atoms in total. The molecule has 1 amide bonds. The molecule has 1 heterocycles. The fourth-order valence-electron chi connectivity index (χ4n) is 4.28. The Hall–Kier alpha value is -3.97. The van der Waals surface area contributed by atoms with Crippen LogP contribution in [0, 0.1) is 11.3 Å². The fourth-order valence-corrected chi connectivity index (χ4v) is 4.79. The van der Waals surface area contributed by atoms with Crippen LogP contribution in [0.25, 0.3) is 0 Å². The number of rotatable bonds is 7. The van der Waals surface area contributed by atoms with Crippen LogP contribution in [0.1, 0.15) is 17.2 Å². The number of anilines is 1. The minimum Gasteiger partial charge on any atom is -0.360 e. The molecular weight excluding hydrogens is 474 g/mol. The number of sulfonamides is 1.